The lowest BCUT2D eigenvalue weighted by atomic mass is 10.1. The lowest BCUT2D eigenvalue weighted by molar-refractivity contribution is -0.146. The van der Waals surface area contributed by atoms with Crippen LogP contribution >= 0.6 is 11.8 Å². The summed E-state index contributed by atoms with van der Waals surface area (Å²) in [4.78, 5) is 24.2. The highest BCUT2D eigenvalue weighted by molar-refractivity contribution is 7.99. The van der Waals surface area contributed by atoms with E-state index in [1.54, 1.807) is 4.90 Å². The zero-order valence-electron chi connectivity index (χ0n) is 13.2. The van der Waals surface area contributed by atoms with Crippen LogP contribution in [0.25, 0.3) is 0 Å². The molecule has 1 amide bonds. The van der Waals surface area contributed by atoms with Crippen LogP contribution in [0.1, 0.15) is 64.7 Å². The molecule has 0 aromatic rings. The van der Waals surface area contributed by atoms with E-state index in [4.69, 9.17) is 5.11 Å². The number of nitrogens with zero attached hydrogens (tertiary/aromatic N) is 1. The maximum atomic E-state index is 11.6. The van der Waals surface area contributed by atoms with Crippen LogP contribution in [0, 0.1) is 0 Å². The van der Waals surface area contributed by atoms with Gasteiger partial charge in [-0.05, 0) is 18.6 Å². The lowest BCUT2D eigenvalue weighted by Gasteiger charge is -2.21. The zero-order valence-corrected chi connectivity index (χ0v) is 14.0. The van der Waals surface area contributed by atoms with Crippen molar-refractivity contribution in [2.24, 2.45) is 0 Å². The first kappa shape index (κ1) is 18.3. The lowest BCUT2D eigenvalue weighted by Crippen LogP contribution is -2.39. The molecule has 1 heterocycles. The third-order valence-corrected chi connectivity index (χ3v) is 5.03. The molecule has 1 unspecified atom stereocenters. The Hall–Kier alpha value is -0.710. The van der Waals surface area contributed by atoms with E-state index in [1.165, 1.54) is 44.9 Å². The van der Waals surface area contributed by atoms with Gasteiger partial charge in [-0.3, -0.25) is 4.79 Å². The molecule has 0 radical (unpaired) electrons. The van der Waals surface area contributed by atoms with Crippen LogP contribution in [-0.4, -0.2) is 46.0 Å². The van der Waals surface area contributed by atoms with E-state index in [1.807, 2.05) is 11.8 Å². The molecule has 0 aromatic heterocycles. The van der Waals surface area contributed by atoms with E-state index in [-0.39, 0.29) is 5.91 Å². The summed E-state index contributed by atoms with van der Waals surface area (Å²) in [6, 6.07) is -0.586. The van der Waals surface area contributed by atoms with Crippen LogP contribution in [0.15, 0.2) is 0 Å². The summed E-state index contributed by atoms with van der Waals surface area (Å²) < 4.78 is 0. The molecule has 1 rings (SSSR count). The van der Waals surface area contributed by atoms with Gasteiger partial charge in [-0.2, -0.15) is 11.8 Å². The molecule has 5 heteroatoms. The number of rotatable bonds is 12. The molecule has 4 nitrogen and oxygen atoms in total. The third kappa shape index (κ3) is 7.21. The van der Waals surface area contributed by atoms with Crippen molar-refractivity contribution in [3.05, 3.63) is 0 Å². The number of aliphatic carboxylic acids is 1. The molecule has 1 aliphatic heterocycles. The van der Waals surface area contributed by atoms with Crippen molar-refractivity contribution >= 4 is 23.6 Å². The predicted molar refractivity (Wildman–Crippen MR) is 87.7 cm³/mol. The quantitative estimate of drug-likeness (QED) is 0.560. The number of amides is 1. The molecular formula is C16H29NO3S. The molecule has 0 bridgehead atoms. The monoisotopic (exact) mass is 315 g/mol. The van der Waals surface area contributed by atoms with Crippen LogP contribution in [-0.2, 0) is 9.59 Å². The number of thioether (sulfide) groups is 1. The van der Waals surface area contributed by atoms with Crippen molar-refractivity contribution < 1.29 is 14.7 Å². The Morgan fingerprint density at radius 3 is 2.52 bits per heavy atom. The van der Waals surface area contributed by atoms with Gasteiger partial charge >= 0.3 is 5.97 Å². The molecule has 1 N–H and O–H groups in total. The van der Waals surface area contributed by atoms with E-state index in [0.717, 1.165) is 11.5 Å². The molecular weight excluding hydrogens is 286 g/mol. The normalized spacial score (nSPS) is 18.4. The number of hydrogen-bond donors (Lipinski definition) is 1. The predicted octanol–water partition coefficient (Wildman–Crippen LogP) is 3.55. The largest absolute Gasteiger partial charge is 0.480 e. The molecule has 1 atom stereocenters. The Bertz CT molecular complexity index is 323. The van der Waals surface area contributed by atoms with Crippen molar-refractivity contribution in [3.8, 4) is 0 Å². The number of likely N-dealkylation sites (tertiary alicyclic amines) is 1. The Kier molecular flexibility index (Phi) is 9.55. The number of carbonyl (C=O) groups excluding carboxylic acids is 1. The Labute approximate surface area is 132 Å². The van der Waals surface area contributed by atoms with Crippen LogP contribution in [0.5, 0.6) is 0 Å². The van der Waals surface area contributed by atoms with E-state index < -0.39 is 12.0 Å². The highest BCUT2D eigenvalue weighted by Gasteiger charge is 2.35. The van der Waals surface area contributed by atoms with E-state index in [2.05, 4.69) is 6.92 Å². The number of carboxylic acids is 1. The Balaban J connectivity index is 1.98. The summed E-state index contributed by atoms with van der Waals surface area (Å²) in [5, 5.41) is 9.06. The summed E-state index contributed by atoms with van der Waals surface area (Å²) in [5.41, 5.74) is 0. The molecule has 1 fully saturated rings. The minimum absolute atomic E-state index is 0.000996. The van der Waals surface area contributed by atoms with Gasteiger partial charge in [-0.1, -0.05) is 45.4 Å². The highest BCUT2D eigenvalue weighted by atomic mass is 32.2. The fraction of sp³-hybridized carbons (Fsp3) is 0.875. The molecule has 122 valence electrons. The van der Waals surface area contributed by atoms with Gasteiger partial charge < -0.3 is 10.0 Å². The molecule has 0 saturated carbocycles. The van der Waals surface area contributed by atoms with Gasteiger partial charge in [0.15, 0.2) is 0 Å². The van der Waals surface area contributed by atoms with E-state index in [9.17, 15) is 9.59 Å². The summed E-state index contributed by atoms with van der Waals surface area (Å²) in [6.07, 6.45) is 10.1. The van der Waals surface area contributed by atoms with Gasteiger partial charge in [0.05, 0.1) is 0 Å². The first-order valence-corrected chi connectivity index (χ1v) is 9.42. The van der Waals surface area contributed by atoms with Gasteiger partial charge in [-0.25, -0.2) is 4.79 Å². The minimum atomic E-state index is -0.863. The fourth-order valence-corrected chi connectivity index (χ4v) is 3.64. The zero-order chi connectivity index (χ0) is 15.5. The van der Waals surface area contributed by atoms with Crippen molar-refractivity contribution in [2.75, 3.05) is 18.1 Å². The average molecular weight is 315 g/mol. The first-order valence-electron chi connectivity index (χ1n) is 8.26. The summed E-state index contributed by atoms with van der Waals surface area (Å²) in [5.74, 6) is 1.11. The van der Waals surface area contributed by atoms with Crippen LogP contribution in [0.3, 0.4) is 0 Å². The molecule has 1 aliphatic rings. The maximum absolute atomic E-state index is 11.6. The summed E-state index contributed by atoms with van der Waals surface area (Å²) >= 11 is 1.84. The standard InChI is InChI=1S/C16H29NO3S/c1-2-3-4-5-6-7-8-12-21-13-11-17-14(16(19)20)9-10-15(17)18/h14H,2-13H2,1H3,(H,19,20). The SMILES string of the molecule is CCCCCCCCCSCCN1C(=O)CCC1C(=O)O. The number of carbonyl (C=O) groups is 2. The molecule has 1 saturated heterocycles. The topological polar surface area (TPSA) is 57.6 Å². The molecule has 0 aromatic carbocycles. The molecule has 21 heavy (non-hydrogen) atoms. The van der Waals surface area contributed by atoms with Crippen molar-refractivity contribution in [3.63, 3.8) is 0 Å². The second kappa shape index (κ2) is 10.9. The van der Waals surface area contributed by atoms with Crippen molar-refractivity contribution in [1.29, 1.82) is 0 Å². The Morgan fingerprint density at radius 2 is 1.86 bits per heavy atom. The van der Waals surface area contributed by atoms with Crippen molar-refractivity contribution in [1.82, 2.24) is 4.90 Å². The number of hydrogen-bond acceptors (Lipinski definition) is 3. The smallest absolute Gasteiger partial charge is 0.326 e. The molecule has 0 aliphatic carbocycles. The van der Waals surface area contributed by atoms with Crippen LogP contribution in [0.2, 0.25) is 0 Å². The van der Waals surface area contributed by atoms with Gasteiger partial charge in [0.2, 0.25) is 5.91 Å². The number of carboxylic acid groups (broad SMARTS) is 1. The highest BCUT2D eigenvalue weighted by Crippen LogP contribution is 2.19. The average Bonchev–Trinajstić information content (AvgIpc) is 2.82. The van der Waals surface area contributed by atoms with Crippen LogP contribution < -0.4 is 0 Å². The van der Waals surface area contributed by atoms with Gasteiger partial charge in [0.1, 0.15) is 6.04 Å². The van der Waals surface area contributed by atoms with E-state index in [0.29, 0.717) is 19.4 Å². The summed E-state index contributed by atoms with van der Waals surface area (Å²) in [7, 11) is 0. The maximum Gasteiger partial charge on any atom is 0.326 e. The second-order valence-corrected chi connectivity index (χ2v) is 6.94. The number of unbranched alkanes of at least 4 members (excludes halogenated alkanes) is 6. The second-order valence-electron chi connectivity index (χ2n) is 5.71. The third-order valence-electron chi connectivity index (χ3n) is 3.98. The van der Waals surface area contributed by atoms with Gasteiger partial charge in [0, 0.05) is 18.7 Å². The Morgan fingerprint density at radius 1 is 1.19 bits per heavy atom. The van der Waals surface area contributed by atoms with E-state index >= 15 is 0 Å². The first-order chi connectivity index (χ1) is 10.2. The fourth-order valence-electron chi connectivity index (χ4n) is 2.70. The summed E-state index contributed by atoms with van der Waals surface area (Å²) in [6.45, 7) is 2.81. The van der Waals surface area contributed by atoms with Crippen LogP contribution in [0.4, 0.5) is 0 Å². The van der Waals surface area contributed by atoms with Gasteiger partial charge in [-0.15, -0.1) is 0 Å². The minimum Gasteiger partial charge on any atom is -0.480 e. The van der Waals surface area contributed by atoms with Gasteiger partial charge in [0.25, 0.3) is 0 Å². The van der Waals surface area contributed by atoms with Crippen molar-refractivity contribution in [2.45, 2.75) is 70.8 Å². The molecule has 0 spiro atoms.